The SMILES string of the molecule is Cc1cc(NN)c([N+](=O)[O-])cc1S(=O)(=O)N(C)CC(C)O. The number of hydrogen-bond acceptors (Lipinski definition) is 7. The van der Waals surface area contributed by atoms with Gasteiger partial charge in [-0.1, -0.05) is 0 Å². The fraction of sp³-hybridized carbons (Fsp3) is 0.455. The highest BCUT2D eigenvalue weighted by Gasteiger charge is 2.27. The topological polar surface area (TPSA) is 139 Å². The molecule has 4 N–H and O–H groups in total. The van der Waals surface area contributed by atoms with Gasteiger partial charge in [-0.05, 0) is 25.5 Å². The summed E-state index contributed by atoms with van der Waals surface area (Å²) in [5.41, 5.74) is 2.06. The lowest BCUT2D eigenvalue weighted by molar-refractivity contribution is -0.384. The third-order valence-electron chi connectivity index (χ3n) is 2.86. The molecule has 0 amide bonds. The van der Waals surface area contributed by atoms with Crippen LogP contribution >= 0.6 is 0 Å². The van der Waals surface area contributed by atoms with Crippen LogP contribution in [0.25, 0.3) is 0 Å². The molecule has 1 aromatic rings. The van der Waals surface area contributed by atoms with E-state index in [4.69, 9.17) is 5.84 Å². The van der Waals surface area contributed by atoms with Crippen LogP contribution in [0.4, 0.5) is 11.4 Å². The number of nitro groups is 1. The summed E-state index contributed by atoms with van der Waals surface area (Å²) in [6, 6.07) is 2.25. The monoisotopic (exact) mass is 318 g/mol. The number of aliphatic hydroxyl groups excluding tert-OH is 1. The van der Waals surface area contributed by atoms with Crippen LogP contribution in [0.3, 0.4) is 0 Å². The number of hydrogen-bond donors (Lipinski definition) is 3. The Morgan fingerprint density at radius 3 is 2.52 bits per heavy atom. The molecular formula is C11H18N4O5S. The molecule has 0 spiro atoms. The number of rotatable bonds is 6. The molecule has 1 aromatic carbocycles. The Morgan fingerprint density at radius 2 is 2.10 bits per heavy atom. The van der Waals surface area contributed by atoms with Crippen LogP contribution in [0.1, 0.15) is 12.5 Å². The number of sulfonamides is 1. The van der Waals surface area contributed by atoms with Crippen molar-refractivity contribution < 1.29 is 18.4 Å². The van der Waals surface area contributed by atoms with Crippen molar-refractivity contribution in [1.29, 1.82) is 0 Å². The first-order chi connectivity index (χ1) is 9.61. The minimum absolute atomic E-state index is 0.0228. The second-order valence-corrected chi connectivity index (χ2v) is 6.68. The maximum atomic E-state index is 12.4. The maximum Gasteiger partial charge on any atom is 0.295 e. The van der Waals surface area contributed by atoms with Gasteiger partial charge < -0.3 is 10.5 Å². The first-order valence-electron chi connectivity index (χ1n) is 6.01. The molecule has 0 saturated heterocycles. The van der Waals surface area contributed by atoms with Gasteiger partial charge in [-0.25, -0.2) is 8.42 Å². The Morgan fingerprint density at radius 1 is 1.52 bits per heavy atom. The van der Waals surface area contributed by atoms with Gasteiger partial charge in [-0.15, -0.1) is 0 Å². The van der Waals surface area contributed by atoms with E-state index < -0.39 is 26.7 Å². The van der Waals surface area contributed by atoms with Gasteiger partial charge in [0.15, 0.2) is 0 Å². The number of nitrogen functional groups attached to an aromatic ring is 1. The van der Waals surface area contributed by atoms with Gasteiger partial charge in [0.1, 0.15) is 5.69 Å². The minimum Gasteiger partial charge on any atom is -0.392 e. The number of likely N-dealkylation sites (N-methyl/N-ethyl adjacent to an activating group) is 1. The third-order valence-corrected chi connectivity index (χ3v) is 4.82. The molecule has 0 aliphatic rings. The molecule has 1 rings (SSSR count). The number of nitrogens with one attached hydrogen (secondary N) is 1. The summed E-state index contributed by atoms with van der Waals surface area (Å²) in [6.07, 6.45) is -0.856. The standard InChI is InChI=1S/C11H18N4O5S/c1-7-4-9(13-12)10(15(17)18)5-11(7)21(19,20)14(3)6-8(2)16/h4-5,8,13,16H,6,12H2,1-3H3. The van der Waals surface area contributed by atoms with Crippen LogP contribution in [0.15, 0.2) is 17.0 Å². The third kappa shape index (κ3) is 3.67. The fourth-order valence-electron chi connectivity index (χ4n) is 1.86. The second-order valence-electron chi connectivity index (χ2n) is 4.67. The molecule has 0 aliphatic carbocycles. The lowest BCUT2D eigenvalue weighted by atomic mass is 10.2. The molecule has 0 saturated carbocycles. The molecule has 0 bridgehead atoms. The van der Waals surface area contributed by atoms with Crippen molar-refractivity contribution in [3.05, 3.63) is 27.8 Å². The molecule has 118 valence electrons. The van der Waals surface area contributed by atoms with Crippen LogP contribution in [0.5, 0.6) is 0 Å². The molecule has 1 unspecified atom stereocenters. The van der Waals surface area contributed by atoms with Gasteiger partial charge in [0.05, 0.1) is 15.9 Å². The Bertz CT molecular complexity index is 644. The van der Waals surface area contributed by atoms with Crippen molar-refractivity contribution >= 4 is 21.4 Å². The molecule has 0 aromatic heterocycles. The van der Waals surface area contributed by atoms with Crippen molar-refractivity contribution in [3.63, 3.8) is 0 Å². The highest BCUT2D eigenvalue weighted by Crippen LogP contribution is 2.31. The molecule has 0 fully saturated rings. The van der Waals surface area contributed by atoms with Crippen molar-refractivity contribution in [1.82, 2.24) is 4.31 Å². The lowest BCUT2D eigenvalue weighted by Gasteiger charge is -2.20. The number of nitrogens with two attached hydrogens (primary N) is 1. The van der Waals surface area contributed by atoms with Gasteiger partial charge >= 0.3 is 0 Å². The first kappa shape index (κ1) is 17.3. The number of benzene rings is 1. The van der Waals surface area contributed by atoms with E-state index >= 15 is 0 Å². The van der Waals surface area contributed by atoms with E-state index in [1.54, 1.807) is 0 Å². The molecule has 0 aliphatic heterocycles. The van der Waals surface area contributed by atoms with Gasteiger partial charge in [0.25, 0.3) is 5.69 Å². The quantitative estimate of drug-likeness (QED) is 0.386. The summed E-state index contributed by atoms with van der Waals surface area (Å²) in [4.78, 5) is 10.1. The fourth-order valence-corrected chi connectivity index (χ4v) is 3.33. The zero-order chi connectivity index (χ0) is 16.4. The van der Waals surface area contributed by atoms with Crippen LogP contribution in [-0.2, 0) is 10.0 Å². The van der Waals surface area contributed by atoms with E-state index in [2.05, 4.69) is 5.43 Å². The Balaban J connectivity index is 3.42. The molecule has 0 heterocycles. The first-order valence-corrected chi connectivity index (χ1v) is 7.45. The zero-order valence-corrected chi connectivity index (χ0v) is 12.7. The van der Waals surface area contributed by atoms with Crippen molar-refractivity contribution in [2.24, 2.45) is 5.84 Å². The Kier molecular flexibility index (Phi) is 5.23. The van der Waals surface area contributed by atoms with Gasteiger partial charge in [-0.2, -0.15) is 4.31 Å². The number of nitrogens with zero attached hydrogens (tertiary/aromatic N) is 2. The van der Waals surface area contributed by atoms with E-state index in [1.165, 1.54) is 27.0 Å². The van der Waals surface area contributed by atoms with Crippen molar-refractivity contribution in [2.45, 2.75) is 24.8 Å². The Labute approximate surface area is 122 Å². The largest absolute Gasteiger partial charge is 0.392 e. The molecule has 1 atom stereocenters. The lowest BCUT2D eigenvalue weighted by Crippen LogP contribution is -2.33. The van der Waals surface area contributed by atoms with E-state index in [0.717, 1.165) is 10.4 Å². The van der Waals surface area contributed by atoms with E-state index in [-0.39, 0.29) is 17.1 Å². The predicted octanol–water partition coefficient (Wildman–Crippen LogP) is 0.190. The molecule has 0 radical (unpaired) electrons. The van der Waals surface area contributed by atoms with Gasteiger partial charge in [0.2, 0.25) is 10.0 Å². The minimum atomic E-state index is -3.95. The number of anilines is 1. The number of aryl methyl sites for hydroxylation is 1. The smallest absolute Gasteiger partial charge is 0.295 e. The van der Waals surface area contributed by atoms with Gasteiger partial charge in [0, 0.05) is 19.7 Å². The predicted molar refractivity (Wildman–Crippen MR) is 77.1 cm³/mol. The average molecular weight is 318 g/mol. The highest BCUT2D eigenvalue weighted by atomic mass is 32.2. The highest BCUT2D eigenvalue weighted by molar-refractivity contribution is 7.89. The van der Waals surface area contributed by atoms with Gasteiger partial charge in [-0.3, -0.25) is 16.0 Å². The summed E-state index contributed by atoms with van der Waals surface area (Å²) >= 11 is 0. The summed E-state index contributed by atoms with van der Waals surface area (Å²) in [5, 5.41) is 20.3. The average Bonchev–Trinajstić information content (AvgIpc) is 2.36. The van der Waals surface area contributed by atoms with Crippen LogP contribution < -0.4 is 11.3 Å². The van der Waals surface area contributed by atoms with Crippen molar-refractivity contribution in [2.75, 3.05) is 19.0 Å². The van der Waals surface area contributed by atoms with E-state index in [1.807, 2.05) is 0 Å². The van der Waals surface area contributed by atoms with Crippen LogP contribution in [0.2, 0.25) is 0 Å². The van der Waals surface area contributed by atoms with E-state index in [0.29, 0.717) is 5.56 Å². The maximum absolute atomic E-state index is 12.4. The number of nitro benzene ring substituents is 1. The summed E-state index contributed by atoms with van der Waals surface area (Å²) in [7, 11) is -2.65. The summed E-state index contributed by atoms with van der Waals surface area (Å²) in [5.74, 6) is 5.19. The Hall–Kier alpha value is -1.75. The summed E-state index contributed by atoms with van der Waals surface area (Å²) in [6.45, 7) is 2.84. The zero-order valence-electron chi connectivity index (χ0n) is 11.9. The van der Waals surface area contributed by atoms with Crippen molar-refractivity contribution in [3.8, 4) is 0 Å². The molecule has 9 nitrogen and oxygen atoms in total. The molecule has 21 heavy (non-hydrogen) atoms. The van der Waals surface area contributed by atoms with Crippen LogP contribution in [0, 0.1) is 17.0 Å². The molecular weight excluding hydrogens is 300 g/mol. The normalized spacial score (nSPS) is 13.2. The molecule has 10 heteroatoms. The van der Waals surface area contributed by atoms with E-state index in [9.17, 15) is 23.6 Å². The number of aliphatic hydroxyl groups is 1. The second kappa shape index (κ2) is 6.35. The van der Waals surface area contributed by atoms with Crippen LogP contribution in [-0.4, -0.2) is 42.4 Å². The summed E-state index contributed by atoms with van der Waals surface area (Å²) < 4.78 is 25.8. The number of hydrazine groups is 1.